The van der Waals surface area contributed by atoms with Crippen molar-refractivity contribution in [1.82, 2.24) is 15.0 Å². The Labute approximate surface area is 181 Å². The van der Waals surface area contributed by atoms with Gasteiger partial charge in [0.2, 0.25) is 11.7 Å². The maximum atomic E-state index is 12.8. The fourth-order valence-electron chi connectivity index (χ4n) is 3.73. The summed E-state index contributed by atoms with van der Waals surface area (Å²) in [6.45, 7) is 1.21. The smallest absolute Gasteiger partial charge is 0.321 e. The third-order valence-electron chi connectivity index (χ3n) is 5.49. The molecule has 1 aliphatic rings. The highest BCUT2D eigenvalue weighted by molar-refractivity contribution is 5.91. The molecule has 4 rings (SSSR count). The lowest BCUT2D eigenvalue weighted by molar-refractivity contribution is 0.184. The SMILES string of the molecule is COc1ccccc1NC(=O)N1CCC[C@@H](c2nc(-c3ccc(N(C)C)cc3)no2)C1. The van der Waals surface area contributed by atoms with Crippen LogP contribution in [0, 0.1) is 0 Å². The number of amides is 2. The van der Waals surface area contributed by atoms with Crippen molar-refractivity contribution in [2.45, 2.75) is 18.8 Å². The maximum Gasteiger partial charge on any atom is 0.321 e. The zero-order valence-electron chi connectivity index (χ0n) is 18.0. The molecule has 0 aliphatic carbocycles. The van der Waals surface area contributed by atoms with E-state index in [1.165, 1.54) is 0 Å². The molecule has 0 radical (unpaired) electrons. The third-order valence-corrected chi connectivity index (χ3v) is 5.49. The van der Waals surface area contributed by atoms with E-state index in [9.17, 15) is 4.79 Å². The van der Waals surface area contributed by atoms with Gasteiger partial charge in [0.25, 0.3) is 0 Å². The average Bonchev–Trinajstić information content (AvgIpc) is 3.30. The second-order valence-electron chi connectivity index (χ2n) is 7.81. The van der Waals surface area contributed by atoms with Crippen LogP contribution in [-0.2, 0) is 0 Å². The number of piperidine rings is 1. The van der Waals surface area contributed by atoms with E-state index in [0.717, 1.165) is 24.1 Å². The number of benzene rings is 2. The minimum atomic E-state index is -0.159. The van der Waals surface area contributed by atoms with Gasteiger partial charge < -0.3 is 24.4 Å². The standard InChI is InChI=1S/C23H27N5O3/c1-27(2)18-12-10-16(11-13-18)21-25-22(31-26-21)17-7-6-14-28(15-17)23(29)24-19-8-4-5-9-20(19)30-3/h4-5,8-13,17H,6-7,14-15H2,1-3H3,(H,24,29)/t17-/m1/s1. The lowest BCUT2D eigenvalue weighted by Gasteiger charge is -2.31. The van der Waals surface area contributed by atoms with Crippen molar-refractivity contribution in [3.63, 3.8) is 0 Å². The van der Waals surface area contributed by atoms with Crippen molar-refractivity contribution in [1.29, 1.82) is 0 Å². The number of nitrogens with zero attached hydrogens (tertiary/aromatic N) is 4. The summed E-state index contributed by atoms with van der Waals surface area (Å²) in [7, 11) is 5.59. The van der Waals surface area contributed by atoms with Crippen molar-refractivity contribution in [3.05, 3.63) is 54.4 Å². The normalized spacial score (nSPS) is 16.1. The molecule has 2 aromatic carbocycles. The van der Waals surface area contributed by atoms with Crippen molar-refractivity contribution in [2.24, 2.45) is 0 Å². The number of anilines is 2. The molecule has 1 aromatic heterocycles. The molecule has 0 spiro atoms. The Hall–Kier alpha value is -3.55. The van der Waals surface area contributed by atoms with Crippen LogP contribution < -0.4 is 15.0 Å². The van der Waals surface area contributed by atoms with Gasteiger partial charge in [-0.25, -0.2) is 4.79 Å². The molecule has 3 aromatic rings. The number of para-hydroxylation sites is 2. The van der Waals surface area contributed by atoms with Crippen LogP contribution in [0.3, 0.4) is 0 Å². The molecule has 1 fully saturated rings. The first kappa shape index (κ1) is 20.7. The predicted molar refractivity (Wildman–Crippen MR) is 120 cm³/mol. The molecule has 2 amide bonds. The minimum Gasteiger partial charge on any atom is -0.495 e. The molecule has 0 bridgehead atoms. The number of carbonyl (C=O) groups excluding carboxylic acids is 1. The number of urea groups is 1. The maximum absolute atomic E-state index is 12.8. The second kappa shape index (κ2) is 9.07. The van der Waals surface area contributed by atoms with Gasteiger partial charge >= 0.3 is 6.03 Å². The molecule has 8 heteroatoms. The van der Waals surface area contributed by atoms with Crippen LogP contribution in [0.4, 0.5) is 16.2 Å². The van der Waals surface area contributed by atoms with Crippen molar-refractivity contribution < 1.29 is 14.1 Å². The van der Waals surface area contributed by atoms with Gasteiger partial charge in [-0.15, -0.1) is 0 Å². The van der Waals surface area contributed by atoms with E-state index < -0.39 is 0 Å². The molecule has 31 heavy (non-hydrogen) atoms. The third kappa shape index (κ3) is 4.63. The first-order chi connectivity index (χ1) is 15.0. The summed E-state index contributed by atoms with van der Waals surface area (Å²) in [6.07, 6.45) is 1.78. The number of methoxy groups -OCH3 is 1. The number of aromatic nitrogens is 2. The molecule has 0 unspecified atom stereocenters. The average molecular weight is 422 g/mol. The molecule has 8 nitrogen and oxygen atoms in total. The lowest BCUT2D eigenvalue weighted by atomic mass is 9.98. The topological polar surface area (TPSA) is 83.7 Å². The lowest BCUT2D eigenvalue weighted by Crippen LogP contribution is -2.41. The summed E-state index contributed by atoms with van der Waals surface area (Å²) in [5, 5.41) is 7.10. The van der Waals surface area contributed by atoms with Crippen molar-refractivity contribution in [3.8, 4) is 17.1 Å². The minimum absolute atomic E-state index is 0.0134. The summed E-state index contributed by atoms with van der Waals surface area (Å²) >= 11 is 0. The van der Waals surface area contributed by atoms with Gasteiger partial charge in [0.1, 0.15) is 5.75 Å². The highest BCUT2D eigenvalue weighted by atomic mass is 16.5. The fourth-order valence-corrected chi connectivity index (χ4v) is 3.73. The number of ether oxygens (including phenoxy) is 1. The number of likely N-dealkylation sites (tertiary alicyclic amines) is 1. The van der Waals surface area contributed by atoms with Gasteiger partial charge in [0.15, 0.2) is 0 Å². The van der Waals surface area contributed by atoms with Gasteiger partial charge in [-0.05, 0) is 49.2 Å². The van der Waals surface area contributed by atoms with Crippen LogP contribution in [0.1, 0.15) is 24.7 Å². The number of rotatable bonds is 5. The second-order valence-corrected chi connectivity index (χ2v) is 7.81. The van der Waals surface area contributed by atoms with Crippen LogP contribution in [0.25, 0.3) is 11.4 Å². The summed E-state index contributed by atoms with van der Waals surface area (Å²) in [4.78, 5) is 21.3. The predicted octanol–water partition coefficient (Wildman–Crippen LogP) is 4.22. The largest absolute Gasteiger partial charge is 0.495 e. The van der Waals surface area contributed by atoms with E-state index in [-0.39, 0.29) is 11.9 Å². The van der Waals surface area contributed by atoms with E-state index in [2.05, 4.69) is 15.5 Å². The molecule has 1 atom stereocenters. The van der Waals surface area contributed by atoms with Crippen molar-refractivity contribution in [2.75, 3.05) is 44.5 Å². The van der Waals surface area contributed by atoms with Gasteiger partial charge in [0.05, 0.1) is 18.7 Å². The first-order valence-corrected chi connectivity index (χ1v) is 10.4. The Morgan fingerprint density at radius 1 is 1.19 bits per heavy atom. The molecule has 0 saturated carbocycles. The van der Waals surface area contributed by atoms with Crippen LogP contribution in [0.5, 0.6) is 5.75 Å². The van der Waals surface area contributed by atoms with Crippen LogP contribution in [0.15, 0.2) is 53.1 Å². The highest BCUT2D eigenvalue weighted by Crippen LogP contribution is 2.29. The van der Waals surface area contributed by atoms with E-state index in [1.807, 2.05) is 67.5 Å². The van der Waals surface area contributed by atoms with Gasteiger partial charge in [-0.2, -0.15) is 4.98 Å². The molecule has 1 N–H and O–H groups in total. The van der Waals surface area contributed by atoms with Gasteiger partial charge in [-0.3, -0.25) is 0 Å². The quantitative estimate of drug-likeness (QED) is 0.664. The zero-order chi connectivity index (χ0) is 21.8. The molecule has 1 saturated heterocycles. The number of nitrogens with one attached hydrogen (secondary N) is 1. The Morgan fingerprint density at radius 3 is 2.71 bits per heavy atom. The Balaban J connectivity index is 1.43. The fraction of sp³-hybridized carbons (Fsp3) is 0.348. The number of hydrogen-bond acceptors (Lipinski definition) is 6. The molecule has 162 valence electrons. The molecular formula is C23H27N5O3. The Kier molecular flexibility index (Phi) is 6.06. The number of carbonyl (C=O) groups is 1. The van der Waals surface area contributed by atoms with Crippen LogP contribution in [0.2, 0.25) is 0 Å². The summed E-state index contributed by atoms with van der Waals surface area (Å²) in [6, 6.07) is 15.2. The summed E-state index contributed by atoms with van der Waals surface area (Å²) < 4.78 is 10.9. The van der Waals surface area contributed by atoms with E-state index in [1.54, 1.807) is 12.0 Å². The van der Waals surface area contributed by atoms with E-state index in [4.69, 9.17) is 9.26 Å². The van der Waals surface area contributed by atoms with E-state index in [0.29, 0.717) is 36.2 Å². The Bertz CT molecular complexity index is 1030. The van der Waals surface area contributed by atoms with Crippen LogP contribution >= 0.6 is 0 Å². The molecule has 2 heterocycles. The summed E-state index contributed by atoms with van der Waals surface area (Å²) in [5.41, 5.74) is 2.66. The van der Waals surface area contributed by atoms with Crippen molar-refractivity contribution >= 4 is 17.4 Å². The Morgan fingerprint density at radius 2 is 1.97 bits per heavy atom. The zero-order valence-corrected chi connectivity index (χ0v) is 18.0. The summed E-state index contributed by atoms with van der Waals surface area (Å²) in [5.74, 6) is 1.78. The highest BCUT2D eigenvalue weighted by Gasteiger charge is 2.29. The molecular weight excluding hydrogens is 394 g/mol. The number of hydrogen-bond donors (Lipinski definition) is 1. The van der Waals surface area contributed by atoms with Gasteiger partial charge in [-0.1, -0.05) is 17.3 Å². The van der Waals surface area contributed by atoms with Gasteiger partial charge in [0, 0.05) is 38.4 Å². The molecule has 1 aliphatic heterocycles. The van der Waals surface area contributed by atoms with E-state index >= 15 is 0 Å². The first-order valence-electron chi connectivity index (χ1n) is 10.4. The van der Waals surface area contributed by atoms with Crippen LogP contribution in [-0.4, -0.2) is 55.4 Å². The monoisotopic (exact) mass is 421 g/mol.